The Labute approximate surface area is 92.1 Å². The van der Waals surface area contributed by atoms with Crippen LogP contribution in [0, 0.1) is 18.3 Å². The van der Waals surface area contributed by atoms with Crippen LogP contribution in [0.1, 0.15) is 25.0 Å². The molecule has 0 fully saturated rings. The van der Waals surface area contributed by atoms with Crippen molar-refractivity contribution in [2.45, 2.75) is 33.4 Å². The van der Waals surface area contributed by atoms with Crippen LogP contribution < -0.4 is 0 Å². The molecule has 0 N–H and O–H groups in total. The van der Waals surface area contributed by atoms with E-state index in [1.807, 2.05) is 12.1 Å². The van der Waals surface area contributed by atoms with Gasteiger partial charge in [-0.25, -0.2) is 0 Å². The van der Waals surface area contributed by atoms with Gasteiger partial charge in [0, 0.05) is 12.6 Å². The molecule has 0 radical (unpaired) electrons. The number of aryl methyl sites for hydroxylation is 1. The van der Waals surface area contributed by atoms with Crippen LogP contribution in [0.4, 0.5) is 0 Å². The molecular weight excluding hydrogens is 184 g/mol. The van der Waals surface area contributed by atoms with E-state index < -0.39 is 0 Å². The predicted molar refractivity (Wildman–Crippen MR) is 62.3 cm³/mol. The van der Waals surface area contributed by atoms with Crippen molar-refractivity contribution >= 4 is 0 Å². The van der Waals surface area contributed by atoms with Gasteiger partial charge < -0.3 is 0 Å². The highest BCUT2D eigenvalue weighted by molar-refractivity contribution is 5.25. The van der Waals surface area contributed by atoms with Gasteiger partial charge in [0.25, 0.3) is 0 Å². The minimum atomic E-state index is 0.407. The molecule has 80 valence electrons. The molecule has 0 aliphatic carbocycles. The van der Waals surface area contributed by atoms with Crippen molar-refractivity contribution in [3.05, 3.63) is 35.4 Å². The van der Waals surface area contributed by atoms with E-state index in [2.05, 4.69) is 43.9 Å². The second-order valence-corrected chi connectivity index (χ2v) is 4.08. The third-order valence-corrected chi connectivity index (χ3v) is 2.64. The van der Waals surface area contributed by atoms with Crippen LogP contribution in [-0.4, -0.2) is 17.5 Å². The predicted octanol–water partition coefficient (Wildman–Crippen LogP) is 2.73. The van der Waals surface area contributed by atoms with Crippen molar-refractivity contribution in [2.75, 3.05) is 6.54 Å². The van der Waals surface area contributed by atoms with E-state index in [1.54, 1.807) is 0 Å². The fourth-order valence-corrected chi connectivity index (χ4v) is 1.52. The Morgan fingerprint density at radius 2 is 2.00 bits per heavy atom. The minimum Gasteiger partial charge on any atom is -0.284 e. The van der Waals surface area contributed by atoms with Gasteiger partial charge in [-0.2, -0.15) is 5.26 Å². The zero-order chi connectivity index (χ0) is 11.3. The number of benzene rings is 1. The molecule has 0 amide bonds. The van der Waals surface area contributed by atoms with E-state index in [0.29, 0.717) is 12.6 Å². The zero-order valence-electron chi connectivity index (χ0n) is 9.70. The van der Waals surface area contributed by atoms with E-state index in [4.69, 9.17) is 5.26 Å². The van der Waals surface area contributed by atoms with Gasteiger partial charge in [0.1, 0.15) is 0 Å². The molecule has 2 heteroatoms. The summed E-state index contributed by atoms with van der Waals surface area (Å²) in [5.74, 6) is 0. The number of nitrogens with zero attached hydrogens (tertiary/aromatic N) is 2. The maximum atomic E-state index is 8.74. The zero-order valence-corrected chi connectivity index (χ0v) is 9.70. The summed E-state index contributed by atoms with van der Waals surface area (Å²) in [6.45, 7) is 7.70. The number of nitriles is 1. The number of rotatable bonds is 4. The van der Waals surface area contributed by atoms with Crippen molar-refractivity contribution in [2.24, 2.45) is 0 Å². The molecule has 0 aliphatic rings. The molecule has 1 aromatic carbocycles. The molecule has 0 unspecified atom stereocenters. The van der Waals surface area contributed by atoms with Crippen molar-refractivity contribution in [1.29, 1.82) is 5.26 Å². The first-order valence-electron chi connectivity index (χ1n) is 5.30. The van der Waals surface area contributed by atoms with E-state index in [1.165, 1.54) is 11.1 Å². The fourth-order valence-electron chi connectivity index (χ4n) is 1.52. The van der Waals surface area contributed by atoms with Crippen molar-refractivity contribution < 1.29 is 0 Å². The van der Waals surface area contributed by atoms with E-state index in [0.717, 1.165) is 6.54 Å². The highest BCUT2D eigenvalue weighted by atomic mass is 15.1. The number of hydrogen-bond donors (Lipinski definition) is 0. The average Bonchev–Trinajstić information content (AvgIpc) is 2.20. The molecule has 0 bridgehead atoms. The second-order valence-electron chi connectivity index (χ2n) is 4.08. The van der Waals surface area contributed by atoms with Gasteiger partial charge >= 0.3 is 0 Å². The molecule has 0 atom stereocenters. The molecule has 0 heterocycles. The normalized spacial score (nSPS) is 10.7. The highest BCUT2D eigenvalue weighted by Crippen LogP contribution is 2.11. The minimum absolute atomic E-state index is 0.407. The van der Waals surface area contributed by atoms with E-state index in [-0.39, 0.29) is 0 Å². The summed E-state index contributed by atoms with van der Waals surface area (Å²) in [6.07, 6.45) is 0. The van der Waals surface area contributed by atoms with Crippen LogP contribution in [0.5, 0.6) is 0 Å². The SMILES string of the molecule is Cc1ccccc1CN(CC#N)C(C)C. The van der Waals surface area contributed by atoms with Crippen LogP contribution in [0.2, 0.25) is 0 Å². The maximum Gasteiger partial charge on any atom is 0.0871 e. The van der Waals surface area contributed by atoms with Crippen LogP contribution in [0.3, 0.4) is 0 Å². The summed E-state index contributed by atoms with van der Waals surface area (Å²) in [5, 5.41) is 8.74. The standard InChI is InChI=1S/C13H18N2/c1-11(2)15(9-8-14)10-13-7-5-4-6-12(13)3/h4-7,11H,9-10H2,1-3H3. The Morgan fingerprint density at radius 3 is 2.53 bits per heavy atom. The first-order valence-corrected chi connectivity index (χ1v) is 5.30. The largest absolute Gasteiger partial charge is 0.284 e. The molecule has 15 heavy (non-hydrogen) atoms. The average molecular weight is 202 g/mol. The second kappa shape index (κ2) is 5.53. The summed E-state index contributed by atoms with van der Waals surface area (Å²) < 4.78 is 0. The van der Waals surface area contributed by atoms with Gasteiger partial charge in [0.05, 0.1) is 12.6 Å². The Bertz CT molecular complexity index is 350. The summed E-state index contributed by atoms with van der Waals surface area (Å²) in [5.41, 5.74) is 2.60. The molecule has 0 aliphatic heterocycles. The van der Waals surface area contributed by atoms with Gasteiger partial charge in [-0.05, 0) is 31.9 Å². The van der Waals surface area contributed by atoms with E-state index in [9.17, 15) is 0 Å². The lowest BCUT2D eigenvalue weighted by Crippen LogP contribution is -2.30. The van der Waals surface area contributed by atoms with Gasteiger partial charge in [0.2, 0.25) is 0 Å². The summed E-state index contributed by atoms with van der Waals surface area (Å²) in [7, 11) is 0. The molecule has 0 spiro atoms. The smallest absolute Gasteiger partial charge is 0.0871 e. The van der Waals surface area contributed by atoms with Gasteiger partial charge in [0.15, 0.2) is 0 Å². The Hall–Kier alpha value is -1.33. The van der Waals surface area contributed by atoms with Gasteiger partial charge in [-0.15, -0.1) is 0 Å². The summed E-state index contributed by atoms with van der Waals surface area (Å²) in [6, 6.07) is 11.0. The summed E-state index contributed by atoms with van der Waals surface area (Å²) in [4.78, 5) is 2.17. The first kappa shape index (κ1) is 11.7. The van der Waals surface area contributed by atoms with Crippen LogP contribution >= 0.6 is 0 Å². The molecular formula is C13H18N2. The van der Waals surface area contributed by atoms with E-state index >= 15 is 0 Å². The lowest BCUT2D eigenvalue weighted by Gasteiger charge is -2.24. The van der Waals surface area contributed by atoms with Crippen molar-refractivity contribution in [1.82, 2.24) is 4.90 Å². The quantitative estimate of drug-likeness (QED) is 0.702. The Balaban J connectivity index is 2.75. The monoisotopic (exact) mass is 202 g/mol. The molecule has 0 saturated carbocycles. The molecule has 0 saturated heterocycles. The molecule has 1 aromatic rings. The van der Waals surface area contributed by atoms with Crippen molar-refractivity contribution in [3.63, 3.8) is 0 Å². The summed E-state index contributed by atoms with van der Waals surface area (Å²) >= 11 is 0. The molecule has 0 aromatic heterocycles. The van der Waals surface area contributed by atoms with Gasteiger partial charge in [-0.1, -0.05) is 24.3 Å². The molecule has 1 rings (SSSR count). The Morgan fingerprint density at radius 1 is 1.33 bits per heavy atom. The molecule has 2 nitrogen and oxygen atoms in total. The Kier molecular flexibility index (Phi) is 4.33. The first-order chi connectivity index (χ1) is 7.15. The van der Waals surface area contributed by atoms with Crippen molar-refractivity contribution in [3.8, 4) is 6.07 Å². The third kappa shape index (κ3) is 3.38. The van der Waals surface area contributed by atoms with Gasteiger partial charge in [-0.3, -0.25) is 4.90 Å². The van der Waals surface area contributed by atoms with Crippen LogP contribution in [0.15, 0.2) is 24.3 Å². The fraction of sp³-hybridized carbons (Fsp3) is 0.462. The lowest BCUT2D eigenvalue weighted by molar-refractivity contribution is 0.240. The maximum absolute atomic E-state index is 8.74. The van der Waals surface area contributed by atoms with Crippen LogP contribution in [0.25, 0.3) is 0 Å². The topological polar surface area (TPSA) is 27.0 Å². The highest BCUT2D eigenvalue weighted by Gasteiger charge is 2.10. The number of hydrogen-bond acceptors (Lipinski definition) is 2. The lowest BCUT2D eigenvalue weighted by atomic mass is 10.1. The van der Waals surface area contributed by atoms with Crippen LogP contribution in [-0.2, 0) is 6.54 Å². The third-order valence-electron chi connectivity index (χ3n) is 2.64.